The lowest BCUT2D eigenvalue weighted by Crippen LogP contribution is -2.24. The number of nitrogens with zero attached hydrogens (tertiary/aromatic N) is 3. The SMILES string of the molecule is Cc1cc(CC(=O)Nc2ccc(-c3cccnc3)cn2)c2c(c1)C(=O)N(C)C2=O. The van der Waals surface area contributed by atoms with E-state index < -0.39 is 0 Å². The number of fused-ring (bicyclic) bond motifs is 1. The van der Waals surface area contributed by atoms with E-state index in [-0.39, 0.29) is 24.1 Å². The Kier molecular flexibility index (Phi) is 4.64. The van der Waals surface area contributed by atoms with Crippen molar-refractivity contribution >= 4 is 23.5 Å². The molecule has 0 unspecified atom stereocenters. The predicted molar refractivity (Wildman–Crippen MR) is 107 cm³/mol. The van der Waals surface area contributed by atoms with E-state index in [9.17, 15) is 14.4 Å². The van der Waals surface area contributed by atoms with Gasteiger partial charge in [0.05, 0.1) is 17.5 Å². The van der Waals surface area contributed by atoms with E-state index in [1.807, 2.05) is 25.1 Å². The predicted octanol–water partition coefficient (Wildman–Crippen LogP) is 2.86. The molecule has 0 atom stereocenters. The lowest BCUT2D eigenvalue weighted by molar-refractivity contribution is -0.115. The summed E-state index contributed by atoms with van der Waals surface area (Å²) in [5.74, 6) is -0.629. The number of carbonyl (C=O) groups is 3. The maximum absolute atomic E-state index is 12.5. The van der Waals surface area contributed by atoms with E-state index in [2.05, 4.69) is 15.3 Å². The molecular formula is C22H18N4O3. The van der Waals surface area contributed by atoms with Gasteiger partial charge in [0, 0.05) is 36.8 Å². The Morgan fingerprint density at radius 2 is 1.86 bits per heavy atom. The number of pyridine rings is 2. The highest BCUT2D eigenvalue weighted by molar-refractivity contribution is 6.22. The number of anilines is 1. The standard InChI is InChI=1S/C22H18N4O3/c1-13-8-16(20-17(9-13)21(28)26(2)22(20)29)10-19(27)25-18-6-5-15(12-24-18)14-4-3-7-23-11-14/h3-9,11-12H,10H2,1-2H3,(H,24,25,27). The van der Waals surface area contributed by atoms with Gasteiger partial charge in [-0.2, -0.15) is 0 Å². The maximum atomic E-state index is 12.5. The van der Waals surface area contributed by atoms with Crippen LogP contribution in [0.3, 0.4) is 0 Å². The maximum Gasteiger partial charge on any atom is 0.261 e. The van der Waals surface area contributed by atoms with Gasteiger partial charge in [-0.1, -0.05) is 12.1 Å². The number of rotatable bonds is 4. The molecule has 0 bridgehead atoms. The molecule has 1 aromatic carbocycles. The number of aromatic nitrogens is 2. The average molecular weight is 386 g/mol. The van der Waals surface area contributed by atoms with Gasteiger partial charge in [-0.15, -0.1) is 0 Å². The molecule has 2 aromatic heterocycles. The molecule has 1 aliphatic heterocycles. The summed E-state index contributed by atoms with van der Waals surface area (Å²) in [4.78, 5) is 46.6. The molecule has 3 aromatic rings. The molecule has 0 radical (unpaired) electrons. The molecule has 3 amide bonds. The number of amides is 3. The molecule has 7 nitrogen and oxygen atoms in total. The number of hydrogen-bond donors (Lipinski definition) is 1. The molecule has 0 aliphatic carbocycles. The average Bonchev–Trinajstić information content (AvgIpc) is 2.93. The number of imide groups is 1. The highest BCUT2D eigenvalue weighted by Gasteiger charge is 2.35. The van der Waals surface area contributed by atoms with Crippen LogP contribution in [0.15, 0.2) is 55.0 Å². The van der Waals surface area contributed by atoms with Gasteiger partial charge in [0.2, 0.25) is 5.91 Å². The van der Waals surface area contributed by atoms with Gasteiger partial charge in [0.1, 0.15) is 5.82 Å². The van der Waals surface area contributed by atoms with Crippen molar-refractivity contribution in [2.45, 2.75) is 13.3 Å². The van der Waals surface area contributed by atoms with Crippen molar-refractivity contribution in [1.82, 2.24) is 14.9 Å². The second-order valence-corrected chi connectivity index (χ2v) is 6.91. The van der Waals surface area contributed by atoms with E-state index in [1.54, 1.807) is 36.8 Å². The summed E-state index contributed by atoms with van der Waals surface area (Å²) in [5.41, 5.74) is 3.83. The summed E-state index contributed by atoms with van der Waals surface area (Å²) in [6.45, 7) is 1.83. The summed E-state index contributed by atoms with van der Waals surface area (Å²) < 4.78 is 0. The summed E-state index contributed by atoms with van der Waals surface area (Å²) in [6, 6.07) is 10.8. The van der Waals surface area contributed by atoms with Crippen LogP contribution in [0, 0.1) is 6.92 Å². The minimum absolute atomic E-state index is 0.0249. The van der Waals surface area contributed by atoms with Gasteiger partial charge in [-0.25, -0.2) is 4.98 Å². The van der Waals surface area contributed by atoms with Crippen LogP contribution in [0.1, 0.15) is 31.8 Å². The number of hydrogen-bond acceptors (Lipinski definition) is 5. The smallest absolute Gasteiger partial charge is 0.261 e. The molecular weight excluding hydrogens is 368 g/mol. The first-order chi connectivity index (χ1) is 13.9. The van der Waals surface area contributed by atoms with E-state index in [4.69, 9.17) is 0 Å². The Balaban J connectivity index is 1.52. The molecule has 0 saturated heterocycles. The number of benzene rings is 1. The van der Waals surface area contributed by atoms with Crippen LogP contribution < -0.4 is 5.32 Å². The molecule has 1 aliphatic rings. The fourth-order valence-electron chi connectivity index (χ4n) is 3.39. The Bertz CT molecular complexity index is 1120. The van der Waals surface area contributed by atoms with E-state index in [1.165, 1.54) is 7.05 Å². The first kappa shape index (κ1) is 18.5. The van der Waals surface area contributed by atoms with Gasteiger partial charge in [-0.3, -0.25) is 24.3 Å². The van der Waals surface area contributed by atoms with Gasteiger partial charge in [0.25, 0.3) is 11.8 Å². The fraction of sp³-hybridized carbons (Fsp3) is 0.136. The number of nitrogens with one attached hydrogen (secondary N) is 1. The van der Waals surface area contributed by atoms with Gasteiger partial charge in [-0.05, 0) is 42.3 Å². The van der Waals surface area contributed by atoms with Crippen molar-refractivity contribution in [3.8, 4) is 11.1 Å². The summed E-state index contributed by atoms with van der Waals surface area (Å²) in [6.07, 6.45) is 5.07. The van der Waals surface area contributed by atoms with Crippen LogP contribution in [-0.4, -0.2) is 39.6 Å². The van der Waals surface area contributed by atoms with Crippen LogP contribution in [0.25, 0.3) is 11.1 Å². The lowest BCUT2D eigenvalue weighted by atomic mass is 9.97. The second kappa shape index (κ2) is 7.27. The lowest BCUT2D eigenvalue weighted by Gasteiger charge is -2.09. The van der Waals surface area contributed by atoms with Gasteiger partial charge < -0.3 is 5.32 Å². The Morgan fingerprint density at radius 1 is 1.07 bits per heavy atom. The number of carbonyl (C=O) groups excluding carboxylic acids is 3. The van der Waals surface area contributed by atoms with Crippen molar-refractivity contribution in [2.24, 2.45) is 0 Å². The first-order valence-corrected chi connectivity index (χ1v) is 9.06. The monoisotopic (exact) mass is 386 g/mol. The molecule has 7 heteroatoms. The summed E-state index contributed by atoms with van der Waals surface area (Å²) >= 11 is 0. The van der Waals surface area contributed by atoms with Crippen molar-refractivity contribution < 1.29 is 14.4 Å². The van der Waals surface area contributed by atoms with Crippen molar-refractivity contribution in [1.29, 1.82) is 0 Å². The van der Waals surface area contributed by atoms with Crippen molar-refractivity contribution in [3.05, 3.63) is 77.2 Å². The van der Waals surface area contributed by atoms with Crippen molar-refractivity contribution in [3.63, 3.8) is 0 Å². The van der Waals surface area contributed by atoms with Crippen LogP contribution in [-0.2, 0) is 11.2 Å². The fourth-order valence-corrected chi connectivity index (χ4v) is 3.39. The van der Waals surface area contributed by atoms with E-state index in [0.717, 1.165) is 21.6 Å². The van der Waals surface area contributed by atoms with Crippen molar-refractivity contribution in [2.75, 3.05) is 12.4 Å². The van der Waals surface area contributed by atoms with E-state index in [0.29, 0.717) is 22.5 Å². The Hall–Kier alpha value is -3.87. The largest absolute Gasteiger partial charge is 0.310 e. The Labute approximate surface area is 167 Å². The molecule has 144 valence electrons. The van der Waals surface area contributed by atoms with Crippen LogP contribution in [0.5, 0.6) is 0 Å². The zero-order chi connectivity index (χ0) is 20.5. The van der Waals surface area contributed by atoms with Gasteiger partial charge in [0.15, 0.2) is 0 Å². The molecule has 0 saturated carbocycles. The molecule has 0 fully saturated rings. The van der Waals surface area contributed by atoms with Crippen LogP contribution in [0.2, 0.25) is 0 Å². The third-order valence-electron chi connectivity index (χ3n) is 4.79. The highest BCUT2D eigenvalue weighted by atomic mass is 16.2. The first-order valence-electron chi connectivity index (χ1n) is 9.06. The zero-order valence-electron chi connectivity index (χ0n) is 16.0. The Morgan fingerprint density at radius 3 is 2.55 bits per heavy atom. The minimum Gasteiger partial charge on any atom is -0.310 e. The highest BCUT2D eigenvalue weighted by Crippen LogP contribution is 2.27. The van der Waals surface area contributed by atoms with Gasteiger partial charge >= 0.3 is 0 Å². The zero-order valence-corrected chi connectivity index (χ0v) is 16.0. The molecule has 4 rings (SSSR count). The summed E-state index contributed by atoms with van der Waals surface area (Å²) in [7, 11) is 1.44. The van der Waals surface area contributed by atoms with Crippen LogP contribution in [0.4, 0.5) is 5.82 Å². The van der Waals surface area contributed by atoms with E-state index >= 15 is 0 Å². The molecule has 29 heavy (non-hydrogen) atoms. The third kappa shape index (κ3) is 3.50. The third-order valence-corrected chi connectivity index (χ3v) is 4.79. The minimum atomic E-state index is -0.383. The molecule has 0 spiro atoms. The number of aryl methyl sites for hydroxylation is 1. The topological polar surface area (TPSA) is 92.3 Å². The van der Waals surface area contributed by atoms with Crippen LogP contribution >= 0.6 is 0 Å². The molecule has 1 N–H and O–H groups in total. The molecule has 3 heterocycles. The normalized spacial score (nSPS) is 12.8. The quantitative estimate of drug-likeness (QED) is 0.696. The summed E-state index contributed by atoms with van der Waals surface area (Å²) in [5, 5.41) is 2.74. The second-order valence-electron chi connectivity index (χ2n) is 6.91.